The number of para-hydroxylation sites is 2. The molecule has 1 heterocycles. The van der Waals surface area contributed by atoms with E-state index in [1.165, 1.54) is 5.56 Å². The topological polar surface area (TPSA) is 54.2 Å². The van der Waals surface area contributed by atoms with Gasteiger partial charge in [0.2, 0.25) is 0 Å². The van der Waals surface area contributed by atoms with Crippen LogP contribution in [0.1, 0.15) is 11.4 Å². The van der Waals surface area contributed by atoms with E-state index >= 15 is 0 Å². The Labute approximate surface area is 142 Å². The van der Waals surface area contributed by atoms with Crippen molar-refractivity contribution >= 4 is 17.0 Å². The molecule has 5 heteroatoms. The van der Waals surface area contributed by atoms with Gasteiger partial charge in [-0.1, -0.05) is 42.5 Å². The van der Waals surface area contributed by atoms with Gasteiger partial charge in [-0.2, -0.15) is 0 Å². The smallest absolute Gasteiger partial charge is 0.191 e. The molecule has 0 aliphatic rings. The monoisotopic (exact) mass is 321 g/mol. The summed E-state index contributed by atoms with van der Waals surface area (Å²) in [6.07, 6.45) is 0.966. The van der Waals surface area contributed by atoms with Crippen molar-refractivity contribution in [2.75, 3.05) is 13.6 Å². The quantitative estimate of drug-likeness (QED) is 0.561. The van der Waals surface area contributed by atoms with Crippen LogP contribution in [0.4, 0.5) is 0 Å². The van der Waals surface area contributed by atoms with Crippen LogP contribution in [0.3, 0.4) is 0 Å². The molecular formula is C19H23N5. The van der Waals surface area contributed by atoms with Crippen molar-refractivity contribution in [2.24, 2.45) is 12.0 Å². The number of nitrogens with zero attached hydrogens (tertiary/aromatic N) is 3. The summed E-state index contributed by atoms with van der Waals surface area (Å²) in [5, 5.41) is 6.67. The average Bonchev–Trinajstić information content (AvgIpc) is 2.95. The van der Waals surface area contributed by atoms with Gasteiger partial charge in [-0.15, -0.1) is 0 Å². The van der Waals surface area contributed by atoms with Crippen molar-refractivity contribution in [1.29, 1.82) is 0 Å². The van der Waals surface area contributed by atoms with Crippen LogP contribution in [0.15, 0.2) is 59.6 Å². The second-order valence-electron chi connectivity index (χ2n) is 5.66. The zero-order chi connectivity index (χ0) is 16.8. The van der Waals surface area contributed by atoms with Gasteiger partial charge in [-0.25, -0.2) is 4.98 Å². The summed E-state index contributed by atoms with van der Waals surface area (Å²) < 4.78 is 2.11. The van der Waals surface area contributed by atoms with Crippen molar-refractivity contribution in [2.45, 2.75) is 13.0 Å². The Morgan fingerprint density at radius 2 is 1.79 bits per heavy atom. The van der Waals surface area contributed by atoms with Gasteiger partial charge in [0.25, 0.3) is 0 Å². The van der Waals surface area contributed by atoms with E-state index in [1.54, 1.807) is 7.05 Å². The predicted octanol–water partition coefficient (Wildman–Crippen LogP) is 2.48. The lowest BCUT2D eigenvalue weighted by molar-refractivity contribution is 0.734. The average molecular weight is 321 g/mol. The predicted molar refractivity (Wildman–Crippen MR) is 99.1 cm³/mol. The summed E-state index contributed by atoms with van der Waals surface area (Å²) in [7, 11) is 3.82. The second-order valence-corrected chi connectivity index (χ2v) is 5.66. The van der Waals surface area contributed by atoms with Crippen LogP contribution in [0.25, 0.3) is 11.0 Å². The highest BCUT2D eigenvalue weighted by molar-refractivity contribution is 5.80. The first-order valence-electron chi connectivity index (χ1n) is 8.16. The van der Waals surface area contributed by atoms with Crippen LogP contribution in [0, 0.1) is 0 Å². The lowest BCUT2D eigenvalue weighted by Crippen LogP contribution is -2.38. The zero-order valence-electron chi connectivity index (χ0n) is 14.2. The van der Waals surface area contributed by atoms with E-state index in [-0.39, 0.29) is 0 Å². The van der Waals surface area contributed by atoms with Crippen molar-refractivity contribution in [1.82, 2.24) is 20.2 Å². The molecule has 0 spiro atoms. The van der Waals surface area contributed by atoms with E-state index in [9.17, 15) is 0 Å². The minimum Gasteiger partial charge on any atom is -0.356 e. The van der Waals surface area contributed by atoms with Gasteiger partial charge in [-0.3, -0.25) is 4.99 Å². The SMILES string of the molecule is CN=C(NCCc1ccccc1)NCc1nc2ccccc2n1C. The Kier molecular flexibility index (Phi) is 5.11. The van der Waals surface area contributed by atoms with E-state index < -0.39 is 0 Å². The lowest BCUT2D eigenvalue weighted by atomic mass is 10.1. The van der Waals surface area contributed by atoms with E-state index in [0.717, 1.165) is 35.8 Å². The van der Waals surface area contributed by atoms with Crippen molar-refractivity contribution in [3.63, 3.8) is 0 Å². The highest BCUT2D eigenvalue weighted by atomic mass is 15.2. The molecule has 3 aromatic rings. The Morgan fingerprint density at radius 3 is 2.54 bits per heavy atom. The fourth-order valence-corrected chi connectivity index (χ4v) is 2.71. The largest absolute Gasteiger partial charge is 0.356 e. The molecule has 0 aliphatic heterocycles. The molecule has 0 fully saturated rings. The van der Waals surface area contributed by atoms with Crippen molar-refractivity contribution in [3.8, 4) is 0 Å². The molecule has 2 N–H and O–H groups in total. The van der Waals surface area contributed by atoms with Gasteiger partial charge in [0.05, 0.1) is 17.6 Å². The number of imidazole rings is 1. The van der Waals surface area contributed by atoms with Gasteiger partial charge in [-0.05, 0) is 24.1 Å². The minimum absolute atomic E-state index is 0.635. The number of benzene rings is 2. The Morgan fingerprint density at radius 1 is 1.04 bits per heavy atom. The molecule has 0 saturated carbocycles. The molecule has 124 valence electrons. The molecule has 0 aliphatic carbocycles. The van der Waals surface area contributed by atoms with E-state index in [1.807, 2.05) is 31.3 Å². The molecule has 1 aromatic heterocycles. The van der Waals surface area contributed by atoms with Gasteiger partial charge in [0, 0.05) is 20.6 Å². The van der Waals surface area contributed by atoms with Gasteiger partial charge in [0.1, 0.15) is 5.82 Å². The molecule has 24 heavy (non-hydrogen) atoms. The Balaban J connectivity index is 1.54. The summed E-state index contributed by atoms with van der Waals surface area (Å²) >= 11 is 0. The highest BCUT2D eigenvalue weighted by Gasteiger charge is 2.07. The molecule has 0 atom stereocenters. The van der Waals surface area contributed by atoms with E-state index in [0.29, 0.717) is 6.54 Å². The third kappa shape index (κ3) is 3.74. The summed E-state index contributed by atoms with van der Waals surface area (Å²) in [4.78, 5) is 8.94. The number of fused-ring (bicyclic) bond motifs is 1. The summed E-state index contributed by atoms with van der Waals surface area (Å²) in [5.74, 6) is 1.78. The number of aliphatic imine (C=N–C) groups is 1. The molecule has 2 aromatic carbocycles. The van der Waals surface area contributed by atoms with Crippen LogP contribution in [0.2, 0.25) is 0 Å². The first-order valence-corrected chi connectivity index (χ1v) is 8.16. The standard InChI is InChI=1S/C19H23N5/c1-20-19(21-13-12-15-8-4-3-5-9-15)22-14-18-23-16-10-6-7-11-17(16)24(18)2/h3-11H,12-14H2,1-2H3,(H2,20,21,22). The molecule has 0 unspecified atom stereocenters. The van der Waals surface area contributed by atoms with Crippen molar-refractivity contribution < 1.29 is 0 Å². The Bertz CT molecular complexity index is 820. The number of hydrogen-bond acceptors (Lipinski definition) is 2. The molecule has 0 saturated heterocycles. The number of aromatic nitrogens is 2. The number of nitrogens with one attached hydrogen (secondary N) is 2. The third-order valence-corrected chi connectivity index (χ3v) is 4.07. The van der Waals surface area contributed by atoms with Crippen LogP contribution < -0.4 is 10.6 Å². The summed E-state index contributed by atoms with van der Waals surface area (Å²) in [5.41, 5.74) is 3.47. The van der Waals surface area contributed by atoms with E-state index in [4.69, 9.17) is 0 Å². The number of rotatable bonds is 5. The first-order chi connectivity index (χ1) is 11.8. The second kappa shape index (κ2) is 7.64. The number of aryl methyl sites for hydroxylation is 1. The highest BCUT2D eigenvalue weighted by Crippen LogP contribution is 2.13. The van der Waals surface area contributed by atoms with Crippen molar-refractivity contribution in [3.05, 3.63) is 66.0 Å². The molecule has 0 amide bonds. The maximum Gasteiger partial charge on any atom is 0.191 e. The lowest BCUT2D eigenvalue weighted by Gasteiger charge is -2.12. The van der Waals surface area contributed by atoms with Crippen LogP contribution in [0.5, 0.6) is 0 Å². The molecule has 5 nitrogen and oxygen atoms in total. The van der Waals surface area contributed by atoms with Gasteiger partial charge >= 0.3 is 0 Å². The Hall–Kier alpha value is -2.82. The molecule has 3 rings (SSSR count). The normalized spacial score (nSPS) is 11.7. The molecule has 0 radical (unpaired) electrons. The van der Waals surface area contributed by atoms with Crippen LogP contribution in [-0.4, -0.2) is 29.1 Å². The summed E-state index contributed by atoms with van der Waals surface area (Å²) in [6.45, 7) is 1.47. The summed E-state index contributed by atoms with van der Waals surface area (Å²) in [6, 6.07) is 18.6. The van der Waals surface area contributed by atoms with Gasteiger partial charge in [0.15, 0.2) is 5.96 Å². The third-order valence-electron chi connectivity index (χ3n) is 4.07. The minimum atomic E-state index is 0.635. The molecule has 0 bridgehead atoms. The van der Waals surface area contributed by atoms with Crippen LogP contribution in [-0.2, 0) is 20.0 Å². The molecular weight excluding hydrogens is 298 g/mol. The first kappa shape index (κ1) is 16.1. The number of hydrogen-bond donors (Lipinski definition) is 2. The number of guanidine groups is 1. The maximum absolute atomic E-state index is 4.66. The van der Waals surface area contributed by atoms with Gasteiger partial charge < -0.3 is 15.2 Å². The maximum atomic E-state index is 4.66. The zero-order valence-corrected chi connectivity index (χ0v) is 14.2. The fourth-order valence-electron chi connectivity index (χ4n) is 2.71. The fraction of sp³-hybridized carbons (Fsp3) is 0.263. The van der Waals surface area contributed by atoms with Crippen LogP contribution >= 0.6 is 0 Å². The van der Waals surface area contributed by atoms with E-state index in [2.05, 4.69) is 55.5 Å².